The lowest BCUT2D eigenvalue weighted by molar-refractivity contribution is 0.372. The molecule has 1 aromatic heterocycles. The molecule has 0 atom stereocenters. The van der Waals surface area contributed by atoms with Crippen LogP contribution in [0.4, 0.5) is 5.82 Å². The van der Waals surface area contributed by atoms with Crippen molar-refractivity contribution in [2.75, 3.05) is 12.3 Å². The van der Waals surface area contributed by atoms with Gasteiger partial charge in [-0.15, -0.1) is 6.42 Å². The first-order chi connectivity index (χ1) is 12.6. The zero-order valence-corrected chi connectivity index (χ0v) is 13.5. The lowest BCUT2D eigenvalue weighted by Crippen LogP contribution is -2.16. The maximum atomic E-state index is 12.3. The molecule has 6 heteroatoms. The molecule has 6 nitrogen and oxygen atoms in total. The van der Waals surface area contributed by atoms with Crippen molar-refractivity contribution in [3.8, 4) is 41.4 Å². The monoisotopic (exact) mass is 340 g/mol. The molecule has 124 valence electrons. The predicted octanol–water partition coefficient (Wildman–Crippen LogP) is 2.53. The second-order valence-electron chi connectivity index (χ2n) is 5.37. The van der Waals surface area contributed by atoms with E-state index in [1.165, 1.54) is 0 Å². The number of rotatable bonds is 3. The number of nitriles is 2. The van der Waals surface area contributed by atoms with E-state index in [-0.39, 0.29) is 29.1 Å². The molecule has 0 unspecified atom stereocenters. The summed E-state index contributed by atoms with van der Waals surface area (Å²) in [6.45, 7) is -0.00616. The third-order valence-corrected chi connectivity index (χ3v) is 3.92. The van der Waals surface area contributed by atoms with Gasteiger partial charge in [-0.2, -0.15) is 10.5 Å². The minimum Gasteiger partial charge on any atom is -0.480 e. The smallest absolute Gasteiger partial charge is 0.268 e. The molecule has 3 rings (SSSR count). The SMILES string of the molecule is C#CCOc1ccc2ccccc2c1-c1c(C#N)c(N)[nH]c(=O)c1C#N. The number of terminal acetylenes is 1. The van der Waals surface area contributed by atoms with E-state index in [9.17, 15) is 15.3 Å². The minimum absolute atomic E-state index is 0.00283. The van der Waals surface area contributed by atoms with Crippen molar-refractivity contribution < 1.29 is 4.74 Å². The molecule has 0 saturated heterocycles. The molecule has 2 aromatic carbocycles. The molecule has 3 aromatic rings. The average molecular weight is 340 g/mol. The fourth-order valence-electron chi connectivity index (χ4n) is 2.84. The van der Waals surface area contributed by atoms with Crippen molar-refractivity contribution in [2.45, 2.75) is 0 Å². The van der Waals surface area contributed by atoms with E-state index >= 15 is 0 Å². The molecular formula is C20H12N4O2. The molecule has 26 heavy (non-hydrogen) atoms. The van der Waals surface area contributed by atoms with Crippen molar-refractivity contribution in [1.82, 2.24) is 4.98 Å². The van der Waals surface area contributed by atoms with E-state index in [1.54, 1.807) is 6.07 Å². The van der Waals surface area contributed by atoms with Crippen LogP contribution < -0.4 is 16.0 Å². The van der Waals surface area contributed by atoms with Crippen LogP contribution in [0.2, 0.25) is 0 Å². The maximum absolute atomic E-state index is 12.3. The molecule has 3 N–H and O–H groups in total. The van der Waals surface area contributed by atoms with E-state index in [1.807, 2.05) is 42.5 Å². The maximum Gasteiger partial charge on any atom is 0.268 e. The molecule has 0 bridgehead atoms. The van der Waals surface area contributed by atoms with Crippen LogP contribution in [0.3, 0.4) is 0 Å². The summed E-state index contributed by atoms with van der Waals surface area (Å²) in [6.07, 6.45) is 5.28. The standard InChI is InChI=1S/C20H12N4O2/c1-2-9-26-16-8-7-12-5-3-4-6-13(12)18(16)17-14(10-21)19(23)24-20(25)15(17)11-22/h1,3-8H,9H2,(H3,23,24,25). The Morgan fingerprint density at radius 3 is 2.50 bits per heavy atom. The number of nitrogens with zero attached hydrogens (tertiary/aromatic N) is 2. The molecule has 0 aliphatic heterocycles. The van der Waals surface area contributed by atoms with Gasteiger partial charge in [0.05, 0.1) is 0 Å². The Hall–Kier alpha value is -4.21. The molecule has 0 amide bonds. The average Bonchev–Trinajstić information content (AvgIpc) is 2.65. The number of H-pyrrole nitrogens is 1. The molecule has 0 aliphatic rings. The van der Waals surface area contributed by atoms with Gasteiger partial charge in [-0.05, 0) is 16.8 Å². The van der Waals surface area contributed by atoms with E-state index in [2.05, 4.69) is 10.9 Å². The fraction of sp³-hybridized carbons (Fsp3) is 0.0500. The molecule has 0 aliphatic carbocycles. The number of benzene rings is 2. The van der Waals surface area contributed by atoms with Gasteiger partial charge in [-0.25, -0.2) is 0 Å². The van der Waals surface area contributed by atoms with Gasteiger partial charge in [0, 0.05) is 11.1 Å². The van der Waals surface area contributed by atoms with Crippen molar-refractivity contribution >= 4 is 16.6 Å². The Kier molecular flexibility index (Phi) is 4.31. The molecule has 0 fully saturated rings. The molecule has 0 spiro atoms. The number of nitrogens with one attached hydrogen (secondary N) is 1. The summed E-state index contributed by atoms with van der Waals surface area (Å²) in [5, 5.41) is 20.7. The summed E-state index contributed by atoms with van der Waals surface area (Å²) in [4.78, 5) is 14.6. The highest BCUT2D eigenvalue weighted by Gasteiger charge is 2.23. The van der Waals surface area contributed by atoms with Crippen LogP contribution in [-0.4, -0.2) is 11.6 Å². The van der Waals surface area contributed by atoms with Crippen LogP contribution >= 0.6 is 0 Å². The number of fused-ring (bicyclic) bond motifs is 1. The lowest BCUT2D eigenvalue weighted by Gasteiger charge is -2.16. The normalized spacial score (nSPS) is 9.88. The zero-order chi connectivity index (χ0) is 18.7. The highest BCUT2D eigenvalue weighted by Crippen LogP contribution is 2.40. The van der Waals surface area contributed by atoms with Crippen LogP contribution in [0.15, 0.2) is 41.2 Å². The number of aromatic nitrogens is 1. The summed E-state index contributed by atoms with van der Waals surface area (Å²) in [5.74, 6) is 2.63. The van der Waals surface area contributed by atoms with Gasteiger partial charge < -0.3 is 15.5 Å². The number of nitrogen functional groups attached to an aromatic ring is 1. The Bertz CT molecular complexity index is 1200. The number of hydrogen-bond acceptors (Lipinski definition) is 5. The quantitative estimate of drug-likeness (QED) is 0.711. The van der Waals surface area contributed by atoms with Crippen molar-refractivity contribution in [3.05, 3.63) is 57.9 Å². The van der Waals surface area contributed by atoms with Gasteiger partial charge in [0.25, 0.3) is 5.56 Å². The fourth-order valence-corrected chi connectivity index (χ4v) is 2.84. The highest BCUT2D eigenvalue weighted by molar-refractivity contribution is 6.02. The Morgan fingerprint density at radius 2 is 1.81 bits per heavy atom. The first kappa shape index (κ1) is 16.6. The number of pyridine rings is 1. The number of hydrogen-bond donors (Lipinski definition) is 2. The van der Waals surface area contributed by atoms with Crippen molar-refractivity contribution in [3.63, 3.8) is 0 Å². The van der Waals surface area contributed by atoms with E-state index in [0.29, 0.717) is 16.7 Å². The largest absolute Gasteiger partial charge is 0.480 e. The van der Waals surface area contributed by atoms with Gasteiger partial charge in [0.1, 0.15) is 41.4 Å². The number of ether oxygens (including phenoxy) is 1. The van der Waals surface area contributed by atoms with Crippen LogP contribution in [-0.2, 0) is 0 Å². The van der Waals surface area contributed by atoms with Crippen LogP contribution in [0.1, 0.15) is 11.1 Å². The Morgan fingerprint density at radius 1 is 1.08 bits per heavy atom. The number of nitrogens with two attached hydrogens (primary N) is 1. The Balaban J connectivity index is 2.54. The van der Waals surface area contributed by atoms with E-state index in [4.69, 9.17) is 16.9 Å². The summed E-state index contributed by atoms with van der Waals surface area (Å²) in [7, 11) is 0. The van der Waals surface area contributed by atoms with Gasteiger partial charge in [-0.3, -0.25) is 4.79 Å². The van der Waals surface area contributed by atoms with Gasteiger partial charge in [0.15, 0.2) is 0 Å². The molecule has 1 heterocycles. The Labute approximate surface area is 149 Å². The molecule has 0 radical (unpaired) electrons. The van der Waals surface area contributed by atoms with E-state index < -0.39 is 5.56 Å². The lowest BCUT2D eigenvalue weighted by atomic mass is 9.91. The van der Waals surface area contributed by atoms with Crippen LogP contribution in [0.5, 0.6) is 5.75 Å². The van der Waals surface area contributed by atoms with Crippen LogP contribution in [0.25, 0.3) is 21.9 Å². The zero-order valence-electron chi connectivity index (χ0n) is 13.5. The second kappa shape index (κ2) is 6.73. The van der Waals surface area contributed by atoms with Gasteiger partial charge in [0.2, 0.25) is 0 Å². The highest BCUT2D eigenvalue weighted by atomic mass is 16.5. The number of anilines is 1. The van der Waals surface area contributed by atoms with E-state index in [0.717, 1.165) is 5.39 Å². The topological polar surface area (TPSA) is 116 Å². The molecule has 0 saturated carbocycles. The molecular weight excluding hydrogens is 328 g/mol. The predicted molar refractivity (Wildman–Crippen MR) is 98.2 cm³/mol. The first-order valence-electron chi connectivity index (χ1n) is 7.56. The summed E-state index contributed by atoms with van der Waals surface area (Å²) in [6, 6.07) is 14.7. The van der Waals surface area contributed by atoms with Gasteiger partial charge >= 0.3 is 0 Å². The first-order valence-corrected chi connectivity index (χ1v) is 7.56. The third-order valence-electron chi connectivity index (χ3n) is 3.92. The summed E-state index contributed by atoms with van der Waals surface area (Å²) >= 11 is 0. The summed E-state index contributed by atoms with van der Waals surface area (Å²) < 4.78 is 5.62. The third kappa shape index (κ3) is 2.60. The second-order valence-corrected chi connectivity index (χ2v) is 5.37. The number of aromatic amines is 1. The minimum atomic E-state index is -0.671. The van der Waals surface area contributed by atoms with Crippen LogP contribution in [0, 0.1) is 35.0 Å². The van der Waals surface area contributed by atoms with Crippen molar-refractivity contribution in [1.29, 1.82) is 10.5 Å². The van der Waals surface area contributed by atoms with Gasteiger partial charge in [-0.1, -0.05) is 36.3 Å². The van der Waals surface area contributed by atoms with Crippen molar-refractivity contribution in [2.24, 2.45) is 0 Å². The summed E-state index contributed by atoms with van der Waals surface area (Å²) in [5.41, 5.74) is 5.52.